The smallest absolute Gasteiger partial charge is 0.323 e. The lowest BCUT2D eigenvalue weighted by molar-refractivity contribution is -0.135. The van der Waals surface area contributed by atoms with E-state index < -0.39 is 18.4 Å². The first-order chi connectivity index (χ1) is 9.47. The molecule has 0 unspecified atom stereocenters. The van der Waals surface area contributed by atoms with Crippen molar-refractivity contribution in [2.75, 3.05) is 11.4 Å². The number of aliphatic carboxylic acids is 1. The SMILES string of the molecule is Cn1cnc(C(=O)N(CC(=O)O)c2cccc(Cl)c2)c1. The molecule has 2 aromatic rings. The van der Waals surface area contributed by atoms with Gasteiger partial charge in [0, 0.05) is 24.0 Å². The van der Waals surface area contributed by atoms with Crippen molar-refractivity contribution in [2.45, 2.75) is 0 Å². The van der Waals surface area contributed by atoms with Crippen molar-refractivity contribution in [2.24, 2.45) is 7.05 Å². The number of aromatic nitrogens is 2. The van der Waals surface area contributed by atoms with Crippen LogP contribution in [-0.4, -0.2) is 33.1 Å². The Balaban J connectivity index is 2.37. The minimum Gasteiger partial charge on any atom is -0.480 e. The average Bonchev–Trinajstić information content (AvgIpc) is 2.81. The van der Waals surface area contributed by atoms with Gasteiger partial charge in [-0.25, -0.2) is 4.98 Å². The summed E-state index contributed by atoms with van der Waals surface area (Å²) in [5, 5.41) is 9.39. The number of carbonyl (C=O) groups excluding carboxylic acids is 1. The van der Waals surface area contributed by atoms with Gasteiger partial charge in [-0.05, 0) is 18.2 Å². The maximum absolute atomic E-state index is 12.3. The third-order valence-corrected chi connectivity index (χ3v) is 2.82. The van der Waals surface area contributed by atoms with Crippen LogP contribution in [0.15, 0.2) is 36.8 Å². The molecule has 6 nitrogen and oxygen atoms in total. The lowest BCUT2D eigenvalue weighted by Gasteiger charge is -2.20. The molecule has 0 aliphatic carbocycles. The van der Waals surface area contributed by atoms with Gasteiger partial charge in [0.25, 0.3) is 5.91 Å². The van der Waals surface area contributed by atoms with Crippen LogP contribution in [0.1, 0.15) is 10.5 Å². The summed E-state index contributed by atoms with van der Waals surface area (Å²) in [6.45, 7) is -0.463. The number of carboxylic acids is 1. The number of aryl methyl sites for hydroxylation is 1. The van der Waals surface area contributed by atoms with Crippen molar-refractivity contribution in [1.29, 1.82) is 0 Å². The maximum Gasteiger partial charge on any atom is 0.323 e. The van der Waals surface area contributed by atoms with Crippen LogP contribution in [0.25, 0.3) is 0 Å². The Bertz CT molecular complexity index is 654. The quantitative estimate of drug-likeness (QED) is 0.933. The van der Waals surface area contributed by atoms with Gasteiger partial charge >= 0.3 is 5.97 Å². The molecule has 1 amide bonds. The topological polar surface area (TPSA) is 75.4 Å². The Labute approximate surface area is 120 Å². The van der Waals surface area contributed by atoms with Crippen LogP contribution in [0.5, 0.6) is 0 Å². The Hall–Kier alpha value is -2.34. The number of nitrogens with zero attached hydrogens (tertiary/aromatic N) is 3. The molecular weight excluding hydrogens is 282 g/mol. The van der Waals surface area contributed by atoms with Crippen molar-refractivity contribution in [3.63, 3.8) is 0 Å². The molecule has 1 heterocycles. The number of imidazole rings is 1. The van der Waals surface area contributed by atoms with E-state index in [1.807, 2.05) is 0 Å². The molecule has 0 saturated carbocycles. The number of benzene rings is 1. The van der Waals surface area contributed by atoms with Crippen molar-refractivity contribution < 1.29 is 14.7 Å². The highest BCUT2D eigenvalue weighted by atomic mass is 35.5. The van der Waals surface area contributed by atoms with Gasteiger partial charge < -0.3 is 9.67 Å². The molecule has 1 N–H and O–H groups in total. The Morgan fingerprint density at radius 1 is 1.45 bits per heavy atom. The summed E-state index contributed by atoms with van der Waals surface area (Å²) in [5.74, 6) is -1.61. The fraction of sp³-hybridized carbons (Fsp3) is 0.154. The first-order valence-corrected chi connectivity index (χ1v) is 6.12. The first-order valence-electron chi connectivity index (χ1n) is 5.74. The zero-order chi connectivity index (χ0) is 14.7. The van der Waals surface area contributed by atoms with E-state index >= 15 is 0 Å². The van der Waals surface area contributed by atoms with Crippen LogP contribution >= 0.6 is 11.6 Å². The van der Waals surface area contributed by atoms with E-state index in [1.165, 1.54) is 18.6 Å². The molecule has 0 radical (unpaired) electrons. The molecule has 104 valence electrons. The van der Waals surface area contributed by atoms with Crippen molar-refractivity contribution >= 4 is 29.2 Å². The molecule has 20 heavy (non-hydrogen) atoms. The maximum atomic E-state index is 12.3. The Morgan fingerprint density at radius 3 is 2.75 bits per heavy atom. The van der Waals surface area contributed by atoms with Crippen LogP contribution in [0, 0.1) is 0 Å². The highest BCUT2D eigenvalue weighted by Crippen LogP contribution is 2.21. The number of carbonyl (C=O) groups is 2. The second-order valence-electron chi connectivity index (χ2n) is 4.19. The van der Waals surface area contributed by atoms with E-state index in [0.717, 1.165) is 4.90 Å². The number of amides is 1. The van der Waals surface area contributed by atoms with E-state index in [-0.39, 0.29) is 5.69 Å². The van der Waals surface area contributed by atoms with Crippen molar-refractivity contribution in [1.82, 2.24) is 9.55 Å². The second kappa shape index (κ2) is 5.75. The van der Waals surface area contributed by atoms with Gasteiger partial charge in [0.1, 0.15) is 12.2 Å². The lowest BCUT2D eigenvalue weighted by Crippen LogP contribution is -2.36. The van der Waals surface area contributed by atoms with Gasteiger partial charge in [0.05, 0.1) is 6.33 Å². The van der Waals surface area contributed by atoms with Crippen molar-refractivity contribution in [3.8, 4) is 0 Å². The third-order valence-electron chi connectivity index (χ3n) is 2.58. The minimum absolute atomic E-state index is 0.175. The molecule has 0 aliphatic heterocycles. The average molecular weight is 294 g/mol. The van der Waals surface area contributed by atoms with Crippen molar-refractivity contribution in [3.05, 3.63) is 47.5 Å². The molecule has 7 heteroatoms. The fourth-order valence-electron chi connectivity index (χ4n) is 1.72. The van der Waals surface area contributed by atoms with Crippen LogP contribution in [0.3, 0.4) is 0 Å². The Morgan fingerprint density at radius 2 is 2.20 bits per heavy atom. The molecule has 1 aromatic carbocycles. The Kier molecular flexibility index (Phi) is 4.05. The number of carboxylic acid groups (broad SMARTS) is 1. The largest absolute Gasteiger partial charge is 0.480 e. The van der Waals surface area contributed by atoms with E-state index in [4.69, 9.17) is 16.7 Å². The van der Waals surface area contributed by atoms with Gasteiger partial charge in [0.15, 0.2) is 0 Å². The zero-order valence-corrected chi connectivity index (χ0v) is 11.4. The summed E-state index contributed by atoms with van der Waals surface area (Å²) in [4.78, 5) is 28.4. The molecule has 0 saturated heterocycles. The number of hydrogen-bond acceptors (Lipinski definition) is 3. The van der Waals surface area contributed by atoms with E-state index in [9.17, 15) is 9.59 Å². The van der Waals surface area contributed by atoms with Crippen LogP contribution in [0.4, 0.5) is 5.69 Å². The van der Waals surface area contributed by atoms with E-state index in [2.05, 4.69) is 4.98 Å². The predicted molar refractivity (Wildman–Crippen MR) is 74.0 cm³/mol. The van der Waals surface area contributed by atoms with Gasteiger partial charge in [0.2, 0.25) is 0 Å². The number of anilines is 1. The summed E-state index contributed by atoms with van der Waals surface area (Å²) < 4.78 is 1.62. The predicted octanol–water partition coefficient (Wildman–Crippen LogP) is 1.80. The molecular formula is C13H12ClN3O3. The van der Waals surface area contributed by atoms with Crippen LogP contribution < -0.4 is 4.90 Å². The molecule has 0 bridgehead atoms. The van der Waals surface area contributed by atoms with Crippen LogP contribution in [-0.2, 0) is 11.8 Å². The molecule has 0 fully saturated rings. The number of hydrogen-bond donors (Lipinski definition) is 1. The molecule has 0 atom stereocenters. The second-order valence-corrected chi connectivity index (χ2v) is 4.63. The van der Waals surface area contributed by atoms with E-state index in [1.54, 1.807) is 29.8 Å². The molecule has 0 aliphatic rings. The first kappa shape index (κ1) is 14.1. The van der Waals surface area contributed by atoms with Gasteiger partial charge in [-0.1, -0.05) is 17.7 Å². The van der Waals surface area contributed by atoms with E-state index in [0.29, 0.717) is 10.7 Å². The highest BCUT2D eigenvalue weighted by molar-refractivity contribution is 6.31. The lowest BCUT2D eigenvalue weighted by atomic mass is 10.2. The third kappa shape index (κ3) is 3.16. The standard InChI is InChI=1S/C13H12ClN3O3/c1-16-6-11(15-8-16)13(20)17(7-12(18)19)10-4-2-3-9(14)5-10/h2-6,8H,7H2,1H3,(H,18,19). The van der Waals surface area contributed by atoms with Gasteiger partial charge in [-0.3, -0.25) is 14.5 Å². The number of halogens is 1. The molecule has 2 rings (SSSR count). The van der Waals surface area contributed by atoms with Gasteiger partial charge in [-0.2, -0.15) is 0 Å². The summed E-state index contributed by atoms with van der Waals surface area (Å²) in [6, 6.07) is 6.45. The minimum atomic E-state index is -1.12. The monoisotopic (exact) mass is 293 g/mol. The molecule has 0 spiro atoms. The summed E-state index contributed by atoms with van der Waals surface area (Å²) in [6.07, 6.45) is 3.01. The fourth-order valence-corrected chi connectivity index (χ4v) is 1.91. The normalized spacial score (nSPS) is 10.3. The van der Waals surface area contributed by atoms with Gasteiger partial charge in [-0.15, -0.1) is 0 Å². The summed E-state index contributed by atoms with van der Waals surface area (Å²) in [5.41, 5.74) is 0.587. The zero-order valence-electron chi connectivity index (χ0n) is 10.7. The highest BCUT2D eigenvalue weighted by Gasteiger charge is 2.22. The summed E-state index contributed by atoms with van der Waals surface area (Å²) in [7, 11) is 1.73. The summed E-state index contributed by atoms with van der Waals surface area (Å²) >= 11 is 5.88. The molecule has 1 aromatic heterocycles. The van der Waals surface area contributed by atoms with Crippen LogP contribution in [0.2, 0.25) is 5.02 Å². The number of rotatable bonds is 4.